The van der Waals surface area contributed by atoms with Gasteiger partial charge in [0.15, 0.2) is 11.6 Å². The minimum absolute atomic E-state index is 0.0659. The first-order valence-electron chi connectivity index (χ1n) is 12.2. The molecule has 0 spiro atoms. The number of hydrogen-bond donors (Lipinski definition) is 3. The first-order chi connectivity index (χ1) is 19.3. The fourth-order valence-corrected chi connectivity index (χ4v) is 4.16. The standard InChI is InChI=1S/C29H23F3N6O2/c1-33-12-18-8-21(15-34-13-18)19-6-7-38-26(16-35-27(38)11-19)29(40)37-25-10-20(3-5-23(25)31)28(39)36-14-17-2-4-22(30)24(32)9-17/h2-11,13,15-16,33H,12,14H2,1H3,(H,36,39)(H,37,40). The van der Waals surface area contributed by atoms with Crippen molar-refractivity contribution < 1.29 is 22.8 Å². The van der Waals surface area contributed by atoms with Crippen molar-refractivity contribution in [2.75, 3.05) is 12.4 Å². The number of halogens is 3. The summed E-state index contributed by atoms with van der Waals surface area (Å²) in [5, 5.41) is 8.13. The highest BCUT2D eigenvalue weighted by molar-refractivity contribution is 6.04. The van der Waals surface area contributed by atoms with Crippen LogP contribution in [0, 0.1) is 17.5 Å². The van der Waals surface area contributed by atoms with Crippen LogP contribution in [0.1, 0.15) is 32.0 Å². The maximum Gasteiger partial charge on any atom is 0.274 e. The number of pyridine rings is 2. The molecule has 0 fully saturated rings. The Morgan fingerprint density at radius 1 is 0.800 bits per heavy atom. The van der Waals surface area contributed by atoms with Gasteiger partial charge in [0.2, 0.25) is 0 Å². The largest absolute Gasteiger partial charge is 0.348 e. The summed E-state index contributed by atoms with van der Waals surface area (Å²) in [4.78, 5) is 34.2. The molecular formula is C29H23F3N6O2. The SMILES string of the molecule is CNCc1cncc(-c2ccn3c(C(=O)Nc4cc(C(=O)NCc5ccc(F)c(F)c5)ccc4F)cnc3c2)c1. The normalized spacial score (nSPS) is 11.0. The summed E-state index contributed by atoms with van der Waals surface area (Å²) >= 11 is 0. The van der Waals surface area contributed by atoms with E-state index < -0.39 is 29.3 Å². The van der Waals surface area contributed by atoms with Crippen LogP contribution in [-0.4, -0.2) is 33.2 Å². The van der Waals surface area contributed by atoms with Crippen molar-refractivity contribution in [1.29, 1.82) is 0 Å². The maximum atomic E-state index is 14.6. The van der Waals surface area contributed by atoms with E-state index in [-0.39, 0.29) is 23.5 Å². The number of carbonyl (C=O) groups is 2. The molecule has 8 nitrogen and oxygen atoms in total. The highest BCUT2D eigenvalue weighted by Crippen LogP contribution is 2.23. The summed E-state index contributed by atoms with van der Waals surface area (Å²) in [6.07, 6.45) is 6.59. The Hall–Kier alpha value is -5.03. The topological polar surface area (TPSA) is 100 Å². The zero-order valence-electron chi connectivity index (χ0n) is 21.2. The lowest BCUT2D eigenvalue weighted by Crippen LogP contribution is -2.23. The van der Waals surface area contributed by atoms with Gasteiger partial charge in [-0.25, -0.2) is 18.2 Å². The summed E-state index contributed by atoms with van der Waals surface area (Å²) in [5.74, 6) is -3.98. The van der Waals surface area contributed by atoms with E-state index in [1.54, 1.807) is 23.0 Å². The molecule has 2 amide bonds. The number of nitrogens with zero attached hydrogens (tertiary/aromatic N) is 3. The highest BCUT2D eigenvalue weighted by atomic mass is 19.2. The molecule has 0 atom stereocenters. The lowest BCUT2D eigenvalue weighted by atomic mass is 10.1. The average Bonchev–Trinajstić information content (AvgIpc) is 3.38. The molecule has 40 heavy (non-hydrogen) atoms. The molecule has 0 aliphatic carbocycles. The van der Waals surface area contributed by atoms with Gasteiger partial charge in [0.25, 0.3) is 11.8 Å². The number of carbonyl (C=O) groups excluding carboxylic acids is 2. The third kappa shape index (κ3) is 5.69. The molecule has 0 saturated heterocycles. The van der Waals surface area contributed by atoms with E-state index in [2.05, 4.69) is 25.9 Å². The molecule has 0 aliphatic rings. The number of imidazole rings is 1. The molecule has 0 radical (unpaired) electrons. The molecular weight excluding hydrogens is 521 g/mol. The lowest BCUT2D eigenvalue weighted by Gasteiger charge is -2.10. The predicted octanol–water partition coefficient (Wildman–Crippen LogP) is 4.72. The van der Waals surface area contributed by atoms with Crippen LogP contribution in [0.5, 0.6) is 0 Å². The zero-order chi connectivity index (χ0) is 28.2. The zero-order valence-corrected chi connectivity index (χ0v) is 21.2. The van der Waals surface area contributed by atoms with Crippen molar-refractivity contribution in [3.63, 3.8) is 0 Å². The quantitative estimate of drug-likeness (QED) is 0.263. The first kappa shape index (κ1) is 26.6. The van der Waals surface area contributed by atoms with Gasteiger partial charge in [0.05, 0.1) is 11.9 Å². The fraction of sp³-hybridized carbons (Fsp3) is 0.103. The van der Waals surface area contributed by atoms with Gasteiger partial charge in [-0.2, -0.15) is 0 Å². The van der Waals surface area contributed by atoms with E-state index in [0.29, 0.717) is 17.8 Å². The summed E-state index contributed by atoms with van der Waals surface area (Å²) in [5.41, 5.74) is 3.66. The van der Waals surface area contributed by atoms with E-state index in [9.17, 15) is 22.8 Å². The van der Waals surface area contributed by atoms with E-state index in [4.69, 9.17) is 0 Å². The van der Waals surface area contributed by atoms with Crippen LogP contribution in [0.4, 0.5) is 18.9 Å². The third-order valence-corrected chi connectivity index (χ3v) is 6.17. The molecule has 0 saturated carbocycles. The van der Waals surface area contributed by atoms with Crippen LogP contribution < -0.4 is 16.0 Å². The number of anilines is 1. The minimum Gasteiger partial charge on any atom is -0.348 e. The Morgan fingerprint density at radius 3 is 2.42 bits per heavy atom. The Morgan fingerprint density at radius 2 is 1.62 bits per heavy atom. The lowest BCUT2D eigenvalue weighted by molar-refractivity contribution is 0.0949. The second-order valence-corrected chi connectivity index (χ2v) is 8.98. The van der Waals surface area contributed by atoms with Gasteiger partial charge < -0.3 is 16.0 Å². The Bertz CT molecular complexity index is 1740. The van der Waals surface area contributed by atoms with Crippen molar-refractivity contribution in [1.82, 2.24) is 25.0 Å². The van der Waals surface area contributed by atoms with E-state index in [1.165, 1.54) is 24.4 Å². The van der Waals surface area contributed by atoms with Crippen molar-refractivity contribution >= 4 is 23.1 Å². The van der Waals surface area contributed by atoms with Crippen molar-refractivity contribution in [3.05, 3.63) is 119 Å². The van der Waals surface area contributed by atoms with Crippen LogP contribution in [0.15, 0.2) is 79.4 Å². The Balaban J connectivity index is 1.31. The number of amides is 2. The number of rotatable bonds is 8. The fourth-order valence-electron chi connectivity index (χ4n) is 4.16. The molecule has 5 aromatic rings. The summed E-state index contributed by atoms with van der Waals surface area (Å²) in [7, 11) is 1.85. The van der Waals surface area contributed by atoms with Crippen LogP contribution in [-0.2, 0) is 13.1 Å². The van der Waals surface area contributed by atoms with Gasteiger partial charge in [0.1, 0.15) is 17.2 Å². The monoisotopic (exact) mass is 544 g/mol. The van der Waals surface area contributed by atoms with Crippen LogP contribution in [0.3, 0.4) is 0 Å². The Labute approximate surface area is 226 Å². The molecule has 3 N–H and O–H groups in total. The van der Waals surface area contributed by atoms with Crippen molar-refractivity contribution in [2.24, 2.45) is 0 Å². The summed E-state index contributed by atoms with van der Waals surface area (Å²) < 4.78 is 42.7. The predicted molar refractivity (Wildman–Crippen MR) is 143 cm³/mol. The van der Waals surface area contributed by atoms with Gasteiger partial charge >= 0.3 is 0 Å². The van der Waals surface area contributed by atoms with E-state index in [1.807, 2.05) is 25.2 Å². The van der Waals surface area contributed by atoms with Crippen molar-refractivity contribution in [3.8, 4) is 11.1 Å². The molecule has 0 unspecified atom stereocenters. The molecule has 2 aromatic carbocycles. The number of benzene rings is 2. The molecule has 11 heteroatoms. The minimum atomic E-state index is -1.03. The summed E-state index contributed by atoms with van der Waals surface area (Å²) in [6, 6.07) is 12.4. The second kappa shape index (κ2) is 11.4. The number of fused-ring (bicyclic) bond motifs is 1. The molecule has 202 valence electrons. The first-order valence-corrected chi connectivity index (χ1v) is 12.2. The van der Waals surface area contributed by atoms with E-state index in [0.717, 1.165) is 34.9 Å². The van der Waals surface area contributed by atoms with Gasteiger partial charge in [-0.1, -0.05) is 6.07 Å². The van der Waals surface area contributed by atoms with Gasteiger partial charge in [0, 0.05) is 42.8 Å². The smallest absolute Gasteiger partial charge is 0.274 e. The number of nitrogens with one attached hydrogen (secondary N) is 3. The van der Waals surface area contributed by atoms with Crippen LogP contribution in [0.25, 0.3) is 16.8 Å². The second-order valence-electron chi connectivity index (χ2n) is 8.98. The third-order valence-electron chi connectivity index (χ3n) is 6.17. The Kier molecular flexibility index (Phi) is 7.56. The molecule has 0 aliphatic heterocycles. The number of aromatic nitrogens is 3. The summed E-state index contributed by atoms with van der Waals surface area (Å²) in [6.45, 7) is 0.596. The van der Waals surface area contributed by atoms with Gasteiger partial charge in [-0.15, -0.1) is 0 Å². The van der Waals surface area contributed by atoms with Gasteiger partial charge in [-0.3, -0.25) is 19.0 Å². The molecule has 0 bridgehead atoms. The van der Waals surface area contributed by atoms with E-state index >= 15 is 0 Å². The highest BCUT2D eigenvalue weighted by Gasteiger charge is 2.17. The molecule has 3 heterocycles. The number of hydrogen-bond acceptors (Lipinski definition) is 5. The molecule has 3 aromatic heterocycles. The maximum absolute atomic E-state index is 14.6. The molecule has 5 rings (SSSR count). The average molecular weight is 545 g/mol. The van der Waals surface area contributed by atoms with Crippen LogP contribution >= 0.6 is 0 Å². The van der Waals surface area contributed by atoms with Crippen LogP contribution in [0.2, 0.25) is 0 Å². The van der Waals surface area contributed by atoms with Crippen molar-refractivity contribution in [2.45, 2.75) is 13.1 Å². The van der Waals surface area contributed by atoms with Gasteiger partial charge in [-0.05, 0) is 72.3 Å².